The van der Waals surface area contributed by atoms with E-state index in [0.29, 0.717) is 41.6 Å². The van der Waals surface area contributed by atoms with Gasteiger partial charge in [-0.15, -0.1) is 0 Å². The normalized spacial score (nSPS) is 31.9. The fourth-order valence-corrected chi connectivity index (χ4v) is 4.10. The van der Waals surface area contributed by atoms with Crippen LogP contribution in [0.25, 0.3) is 0 Å². The second-order valence-corrected chi connectivity index (χ2v) is 6.12. The number of amides is 2. The molecule has 0 bridgehead atoms. The van der Waals surface area contributed by atoms with Crippen LogP contribution in [0.5, 0.6) is 0 Å². The molecule has 20 heavy (non-hydrogen) atoms. The van der Waals surface area contributed by atoms with E-state index in [1.165, 1.54) is 4.90 Å². The molecule has 1 heterocycles. The van der Waals surface area contributed by atoms with Crippen molar-refractivity contribution in [2.24, 2.45) is 11.8 Å². The summed E-state index contributed by atoms with van der Waals surface area (Å²) in [7, 11) is 0. The highest BCUT2D eigenvalue weighted by Crippen LogP contribution is 2.45. The van der Waals surface area contributed by atoms with E-state index in [1.54, 1.807) is 24.3 Å². The van der Waals surface area contributed by atoms with E-state index in [9.17, 15) is 14.4 Å². The average Bonchev–Trinajstić information content (AvgIpc) is 3.02. The monoisotopic (exact) mass is 269 g/mol. The number of Topliss-reactive ketones (excluding diaryl/α,β-unsaturated/α-hetero) is 1. The quantitative estimate of drug-likeness (QED) is 0.733. The average molecular weight is 269 g/mol. The van der Waals surface area contributed by atoms with Gasteiger partial charge in [0, 0.05) is 18.9 Å². The standard InChI is InChI=1S/C16H15NO3/c18-12-7-9-5-11(6-10(9)8-12)17-15(19)13-3-1-2-4-14(13)16(17)20/h1-4,9-11H,5-8H2/t9-,10?,11-/m1/s1. The maximum atomic E-state index is 12.4. The summed E-state index contributed by atoms with van der Waals surface area (Å²) in [4.78, 5) is 37.7. The van der Waals surface area contributed by atoms with Gasteiger partial charge in [-0.25, -0.2) is 0 Å². The van der Waals surface area contributed by atoms with Crippen molar-refractivity contribution >= 4 is 17.6 Å². The summed E-state index contributed by atoms with van der Waals surface area (Å²) in [6.07, 6.45) is 2.85. The summed E-state index contributed by atoms with van der Waals surface area (Å²) in [5.41, 5.74) is 1.04. The lowest BCUT2D eigenvalue weighted by Gasteiger charge is -2.22. The zero-order chi connectivity index (χ0) is 13.9. The molecular weight excluding hydrogens is 254 g/mol. The molecule has 0 spiro atoms. The zero-order valence-electron chi connectivity index (χ0n) is 11.0. The number of hydrogen-bond acceptors (Lipinski definition) is 3. The Labute approximate surface area is 116 Å². The number of carbonyl (C=O) groups excluding carboxylic acids is 3. The largest absolute Gasteiger partial charge is 0.300 e. The predicted octanol–water partition coefficient (Wildman–Crippen LogP) is 2.04. The Hall–Kier alpha value is -1.97. The highest BCUT2D eigenvalue weighted by atomic mass is 16.2. The van der Waals surface area contributed by atoms with Crippen LogP contribution in [-0.4, -0.2) is 28.5 Å². The van der Waals surface area contributed by atoms with E-state index in [-0.39, 0.29) is 17.9 Å². The molecule has 0 radical (unpaired) electrons. The SMILES string of the molecule is O=C1CC2C[C@H](N3C(=O)c4ccccc4C3=O)C[C@@H]2C1. The van der Waals surface area contributed by atoms with Gasteiger partial charge < -0.3 is 0 Å². The molecule has 4 rings (SSSR count). The van der Waals surface area contributed by atoms with Crippen molar-refractivity contribution in [2.45, 2.75) is 31.7 Å². The molecule has 3 aliphatic rings. The Kier molecular flexibility index (Phi) is 2.37. The van der Waals surface area contributed by atoms with E-state index in [1.807, 2.05) is 0 Å². The first-order valence-corrected chi connectivity index (χ1v) is 7.14. The predicted molar refractivity (Wildman–Crippen MR) is 71.2 cm³/mol. The molecule has 0 aromatic heterocycles. The van der Waals surface area contributed by atoms with Crippen molar-refractivity contribution in [3.05, 3.63) is 35.4 Å². The van der Waals surface area contributed by atoms with Crippen LogP contribution in [0, 0.1) is 11.8 Å². The number of imide groups is 1. The Bertz CT molecular complexity index is 585. The second-order valence-electron chi connectivity index (χ2n) is 6.12. The van der Waals surface area contributed by atoms with E-state index in [2.05, 4.69) is 0 Å². The maximum Gasteiger partial charge on any atom is 0.261 e. The first-order valence-electron chi connectivity index (χ1n) is 7.14. The Morgan fingerprint density at radius 2 is 1.35 bits per heavy atom. The van der Waals surface area contributed by atoms with Gasteiger partial charge >= 0.3 is 0 Å². The minimum atomic E-state index is -0.165. The fourth-order valence-electron chi connectivity index (χ4n) is 4.10. The van der Waals surface area contributed by atoms with Crippen molar-refractivity contribution in [1.29, 1.82) is 0 Å². The number of ketones is 1. The third-order valence-electron chi connectivity index (χ3n) is 4.99. The summed E-state index contributed by atoms with van der Waals surface area (Å²) >= 11 is 0. The minimum Gasteiger partial charge on any atom is -0.300 e. The lowest BCUT2D eigenvalue weighted by molar-refractivity contribution is -0.117. The fraction of sp³-hybridized carbons (Fsp3) is 0.438. The highest BCUT2D eigenvalue weighted by molar-refractivity contribution is 6.21. The van der Waals surface area contributed by atoms with Gasteiger partial charge in [0.05, 0.1) is 11.1 Å². The minimum absolute atomic E-state index is 0.0227. The van der Waals surface area contributed by atoms with E-state index >= 15 is 0 Å². The van der Waals surface area contributed by atoms with Crippen LogP contribution in [0.15, 0.2) is 24.3 Å². The maximum absolute atomic E-state index is 12.4. The van der Waals surface area contributed by atoms with Crippen LogP contribution in [0.1, 0.15) is 46.4 Å². The second kappa shape index (κ2) is 4.01. The molecule has 3 atom stereocenters. The van der Waals surface area contributed by atoms with Gasteiger partial charge in [0.15, 0.2) is 0 Å². The third kappa shape index (κ3) is 1.51. The lowest BCUT2D eigenvalue weighted by Crippen LogP contribution is -2.38. The molecule has 1 unspecified atom stereocenters. The van der Waals surface area contributed by atoms with Crippen molar-refractivity contribution in [3.8, 4) is 0 Å². The van der Waals surface area contributed by atoms with E-state index in [0.717, 1.165) is 12.8 Å². The number of carbonyl (C=O) groups is 3. The topological polar surface area (TPSA) is 54.5 Å². The first-order chi connectivity index (χ1) is 9.65. The Morgan fingerprint density at radius 1 is 0.850 bits per heavy atom. The molecule has 0 saturated heterocycles. The van der Waals surface area contributed by atoms with Gasteiger partial charge in [-0.2, -0.15) is 0 Å². The number of rotatable bonds is 1. The number of fused-ring (bicyclic) bond motifs is 2. The summed E-state index contributed by atoms with van der Waals surface area (Å²) in [5.74, 6) is 0.748. The molecule has 4 nitrogen and oxygen atoms in total. The van der Waals surface area contributed by atoms with Crippen molar-refractivity contribution < 1.29 is 14.4 Å². The molecule has 102 valence electrons. The van der Waals surface area contributed by atoms with Gasteiger partial charge in [0.1, 0.15) is 5.78 Å². The Morgan fingerprint density at radius 3 is 1.85 bits per heavy atom. The molecule has 4 heteroatoms. The van der Waals surface area contributed by atoms with Crippen LogP contribution < -0.4 is 0 Å². The van der Waals surface area contributed by atoms with E-state index in [4.69, 9.17) is 0 Å². The molecule has 1 aliphatic heterocycles. The third-order valence-corrected chi connectivity index (χ3v) is 4.99. The van der Waals surface area contributed by atoms with Crippen LogP contribution in [0.4, 0.5) is 0 Å². The zero-order valence-corrected chi connectivity index (χ0v) is 11.0. The first kappa shape index (κ1) is 11.8. The van der Waals surface area contributed by atoms with Crippen LogP contribution >= 0.6 is 0 Å². The number of hydrogen-bond donors (Lipinski definition) is 0. The summed E-state index contributed by atoms with van der Waals surface area (Å²) in [5, 5.41) is 0. The summed E-state index contributed by atoms with van der Waals surface area (Å²) < 4.78 is 0. The van der Waals surface area contributed by atoms with Crippen LogP contribution in [-0.2, 0) is 4.79 Å². The van der Waals surface area contributed by atoms with Gasteiger partial charge in [-0.1, -0.05) is 12.1 Å². The molecular formula is C16H15NO3. The van der Waals surface area contributed by atoms with Gasteiger partial charge in [0.2, 0.25) is 0 Å². The molecule has 0 N–H and O–H groups in total. The lowest BCUT2D eigenvalue weighted by atomic mass is 10.0. The van der Waals surface area contributed by atoms with Crippen molar-refractivity contribution in [1.82, 2.24) is 4.90 Å². The van der Waals surface area contributed by atoms with Crippen LogP contribution in [0.3, 0.4) is 0 Å². The molecule has 2 fully saturated rings. The van der Waals surface area contributed by atoms with Gasteiger partial charge in [-0.05, 0) is 36.8 Å². The molecule has 2 aliphatic carbocycles. The smallest absolute Gasteiger partial charge is 0.261 e. The summed E-state index contributed by atoms with van der Waals surface area (Å²) in [6.45, 7) is 0. The van der Waals surface area contributed by atoms with Gasteiger partial charge in [-0.3, -0.25) is 19.3 Å². The molecule has 1 aromatic rings. The van der Waals surface area contributed by atoms with Crippen molar-refractivity contribution in [3.63, 3.8) is 0 Å². The highest BCUT2D eigenvalue weighted by Gasteiger charge is 2.48. The number of nitrogens with zero attached hydrogens (tertiary/aromatic N) is 1. The van der Waals surface area contributed by atoms with Crippen molar-refractivity contribution in [2.75, 3.05) is 0 Å². The van der Waals surface area contributed by atoms with Crippen LogP contribution in [0.2, 0.25) is 0 Å². The van der Waals surface area contributed by atoms with Gasteiger partial charge in [0.25, 0.3) is 11.8 Å². The molecule has 1 aromatic carbocycles. The molecule has 2 saturated carbocycles. The Balaban J connectivity index is 1.61. The summed E-state index contributed by atoms with van der Waals surface area (Å²) in [6, 6.07) is 6.99. The van der Waals surface area contributed by atoms with E-state index < -0.39 is 0 Å². The number of benzene rings is 1. The molecule has 2 amide bonds.